The Morgan fingerprint density at radius 2 is 1.80 bits per heavy atom. The Morgan fingerprint density at radius 3 is 2.45 bits per heavy atom. The Bertz CT molecular complexity index is 509. The van der Waals surface area contributed by atoms with Crippen LogP contribution in [0.2, 0.25) is 0 Å². The zero-order valence-electron chi connectivity index (χ0n) is 11.9. The van der Waals surface area contributed by atoms with Gasteiger partial charge in [0, 0.05) is 30.8 Å². The van der Waals surface area contributed by atoms with E-state index in [1.54, 1.807) is 0 Å². The van der Waals surface area contributed by atoms with Gasteiger partial charge in [-0.25, -0.2) is 0 Å². The Morgan fingerprint density at radius 1 is 1.10 bits per heavy atom. The number of aromatic nitrogens is 2. The summed E-state index contributed by atoms with van der Waals surface area (Å²) in [7, 11) is 0. The molecule has 4 heterocycles. The molecule has 0 aromatic carbocycles. The van der Waals surface area contributed by atoms with Crippen molar-refractivity contribution in [3.05, 3.63) is 11.7 Å². The maximum absolute atomic E-state index is 6.04. The quantitative estimate of drug-likeness (QED) is 0.845. The maximum Gasteiger partial charge on any atom is 0.243 e. The van der Waals surface area contributed by atoms with E-state index < -0.39 is 0 Å². The van der Waals surface area contributed by atoms with Crippen molar-refractivity contribution in [2.75, 3.05) is 13.1 Å². The lowest BCUT2D eigenvalue weighted by molar-refractivity contribution is 0.0626. The van der Waals surface area contributed by atoms with Gasteiger partial charge in [-0.3, -0.25) is 4.90 Å². The lowest BCUT2D eigenvalue weighted by Crippen LogP contribution is -2.28. The Kier molecular flexibility index (Phi) is 2.36. The molecule has 0 radical (unpaired) electrons. The number of hydrogen-bond donors (Lipinski definition) is 0. The third-order valence-electron chi connectivity index (χ3n) is 5.79. The molecule has 2 bridgehead atoms. The van der Waals surface area contributed by atoms with Crippen molar-refractivity contribution in [3.8, 4) is 0 Å². The molecule has 4 fully saturated rings. The number of hydrogen-bond acceptors (Lipinski definition) is 5. The van der Waals surface area contributed by atoms with E-state index in [4.69, 9.17) is 9.26 Å². The first-order valence-corrected chi connectivity index (χ1v) is 8.02. The molecule has 0 N–H and O–H groups in total. The first-order chi connectivity index (χ1) is 9.79. The molecule has 1 saturated carbocycles. The highest BCUT2D eigenvalue weighted by Gasteiger charge is 2.53. The molecular weight excluding hydrogens is 254 g/mol. The van der Waals surface area contributed by atoms with Crippen LogP contribution in [0.1, 0.15) is 56.3 Å². The third-order valence-corrected chi connectivity index (χ3v) is 5.79. The lowest BCUT2D eigenvalue weighted by atomic mass is 9.82. The van der Waals surface area contributed by atoms with Gasteiger partial charge in [-0.15, -0.1) is 0 Å². The largest absolute Gasteiger partial charge is 0.374 e. The monoisotopic (exact) mass is 275 g/mol. The minimum atomic E-state index is 0.250. The molecular formula is C15H21N3O2. The maximum atomic E-state index is 6.04. The molecule has 5 nitrogen and oxygen atoms in total. The SMILES string of the molecule is C[C@H](c1nc(C2CC2)no1)N1C[C@@H]2[C@H](C1)[C@H]1CC[C@H]2O1. The molecule has 4 aliphatic rings. The molecule has 1 aromatic heterocycles. The topological polar surface area (TPSA) is 51.4 Å². The highest BCUT2D eigenvalue weighted by Crippen LogP contribution is 2.48. The van der Waals surface area contributed by atoms with E-state index in [0.717, 1.165) is 36.6 Å². The molecule has 1 aliphatic carbocycles. The van der Waals surface area contributed by atoms with E-state index in [1.807, 2.05) is 0 Å². The van der Waals surface area contributed by atoms with Gasteiger partial charge in [-0.1, -0.05) is 5.16 Å². The summed E-state index contributed by atoms with van der Waals surface area (Å²) in [4.78, 5) is 7.13. The third kappa shape index (κ3) is 1.62. The van der Waals surface area contributed by atoms with Gasteiger partial charge in [0.1, 0.15) is 0 Å². The lowest BCUT2D eigenvalue weighted by Gasteiger charge is -2.22. The Balaban J connectivity index is 1.33. The second kappa shape index (κ2) is 4.04. The fraction of sp³-hybridized carbons (Fsp3) is 0.867. The summed E-state index contributed by atoms with van der Waals surface area (Å²) in [5, 5.41) is 4.15. The molecule has 5 atom stereocenters. The molecule has 5 heteroatoms. The second-order valence-corrected chi connectivity index (χ2v) is 7.01. The molecule has 0 amide bonds. The first kappa shape index (κ1) is 11.7. The van der Waals surface area contributed by atoms with Gasteiger partial charge in [0.2, 0.25) is 5.89 Å². The van der Waals surface area contributed by atoms with Crippen molar-refractivity contribution in [3.63, 3.8) is 0 Å². The molecule has 108 valence electrons. The van der Waals surface area contributed by atoms with E-state index in [1.165, 1.54) is 25.7 Å². The number of nitrogens with zero attached hydrogens (tertiary/aromatic N) is 3. The second-order valence-electron chi connectivity index (χ2n) is 7.01. The number of ether oxygens (including phenoxy) is 1. The van der Waals surface area contributed by atoms with E-state index in [9.17, 15) is 0 Å². The smallest absolute Gasteiger partial charge is 0.243 e. The van der Waals surface area contributed by atoms with E-state index >= 15 is 0 Å². The van der Waals surface area contributed by atoms with E-state index in [2.05, 4.69) is 22.0 Å². The van der Waals surface area contributed by atoms with E-state index in [-0.39, 0.29) is 6.04 Å². The van der Waals surface area contributed by atoms with Crippen LogP contribution in [-0.2, 0) is 4.74 Å². The van der Waals surface area contributed by atoms with Crippen molar-refractivity contribution in [1.82, 2.24) is 15.0 Å². The summed E-state index contributed by atoms with van der Waals surface area (Å²) < 4.78 is 11.5. The fourth-order valence-electron chi connectivity index (χ4n) is 4.39. The fourth-order valence-corrected chi connectivity index (χ4v) is 4.39. The molecule has 1 aromatic rings. The predicted octanol–water partition coefficient (Wildman–Crippen LogP) is 2.12. The van der Waals surface area contributed by atoms with Gasteiger partial charge in [0.05, 0.1) is 18.2 Å². The van der Waals surface area contributed by atoms with Crippen LogP contribution >= 0.6 is 0 Å². The molecule has 20 heavy (non-hydrogen) atoms. The van der Waals surface area contributed by atoms with Gasteiger partial charge in [-0.05, 0) is 32.6 Å². The van der Waals surface area contributed by atoms with Gasteiger partial charge in [-0.2, -0.15) is 4.98 Å². The first-order valence-electron chi connectivity index (χ1n) is 8.02. The van der Waals surface area contributed by atoms with Crippen LogP contribution in [0, 0.1) is 11.8 Å². The number of likely N-dealkylation sites (tertiary alicyclic amines) is 1. The van der Waals surface area contributed by atoms with Crippen LogP contribution in [0.15, 0.2) is 4.52 Å². The summed E-state index contributed by atoms with van der Waals surface area (Å²) in [6.45, 7) is 4.47. The van der Waals surface area contributed by atoms with Crippen molar-refractivity contribution in [2.45, 2.75) is 56.8 Å². The van der Waals surface area contributed by atoms with Crippen LogP contribution in [-0.4, -0.2) is 40.3 Å². The molecule has 3 saturated heterocycles. The zero-order valence-corrected chi connectivity index (χ0v) is 11.9. The number of rotatable bonds is 3. The highest BCUT2D eigenvalue weighted by atomic mass is 16.5. The standard InChI is InChI=1S/C15H21N3O2/c1-8(15-16-14(17-20-15)9-2-3-9)18-6-10-11(7-18)13-5-4-12(10)19-13/h8-13H,2-7H2,1H3/t8-,10-,11+,12-,13-/m1/s1. The van der Waals surface area contributed by atoms with Crippen molar-refractivity contribution >= 4 is 0 Å². The summed E-state index contributed by atoms with van der Waals surface area (Å²) in [5.41, 5.74) is 0. The van der Waals surface area contributed by atoms with Gasteiger partial charge >= 0.3 is 0 Å². The zero-order chi connectivity index (χ0) is 13.3. The van der Waals surface area contributed by atoms with Crippen LogP contribution in [0.4, 0.5) is 0 Å². The highest BCUT2D eigenvalue weighted by molar-refractivity contribution is 5.07. The summed E-state index contributed by atoms with van der Waals surface area (Å²) in [6.07, 6.45) is 6.02. The van der Waals surface area contributed by atoms with Crippen molar-refractivity contribution < 1.29 is 9.26 Å². The Hall–Kier alpha value is -0.940. The van der Waals surface area contributed by atoms with Gasteiger partial charge in [0.25, 0.3) is 0 Å². The summed E-state index contributed by atoms with van der Waals surface area (Å²) in [5.74, 6) is 3.78. The van der Waals surface area contributed by atoms with Crippen LogP contribution in [0.25, 0.3) is 0 Å². The average molecular weight is 275 g/mol. The van der Waals surface area contributed by atoms with Crippen molar-refractivity contribution in [1.29, 1.82) is 0 Å². The van der Waals surface area contributed by atoms with Crippen LogP contribution in [0.5, 0.6) is 0 Å². The molecule has 3 aliphatic heterocycles. The normalized spacial score (nSPS) is 41.2. The summed E-state index contributed by atoms with van der Waals surface area (Å²) in [6, 6.07) is 0.250. The average Bonchev–Trinajstić information content (AvgIpc) is 2.94. The Labute approximate surface area is 118 Å². The predicted molar refractivity (Wildman–Crippen MR) is 71.1 cm³/mol. The minimum Gasteiger partial charge on any atom is -0.374 e. The van der Waals surface area contributed by atoms with Gasteiger partial charge < -0.3 is 9.26 Å². The summed E-state index contributed by atoms with van der Waals surface area (Å²) >= 11 is 0. The van der Waals surface area contributed by atoms with E-state index in [0.29, 0.717) is 18.1 Å². The molecule has 5 rings (SSSR count). The van der Waals surface area contributed by atoms with Gasteiger partial charge in [0.15, 0.2) is 5.82 Å². The molecule has 0 unspecified atom stereocenters. The molecule has 0 spiro atoms. The van der Waals surface area contributed by atoms with Crippen LogP contribution in [0.3, 0.4) is 0 Å². The van der Waals surface area contributed by atoms with Crippen molar-refractivity contribution in [2.24, 2.45) is 11.8 Å². The number of fused-ring (bicyclic) bond motifs is 5. The minimum absolute atomic E-state index is 0.250. The van der Waals surface area contributed by atoms with Crippen LogP contribution < -0.4 is 0 Å².